The summed E-state index contributed by atoms with van der Waals surface area (Å²) < 4.78 is 33.0. The Morgan fingerprint density at radius 2 is 1.71 bits per heavy atom. The summed E-state index contributed by atoms with van der Waals surface area (Å²) in [5.74, 6) is 0.427. The first-order chi connectivity index (χ1) is 16.4. The Morgan fingerprint density at radius 3 is 2.38 bits per heavy atom. The van der Waals surface area contributed by atoms with E-state index in [0.717, 1.165) is 11.1 Å². The van der Waals surface area contributed by atoms with Gasteiger partial charge in [-0.3, -0.25) is 0 Å². The van der Waals surface area contributed by atoms with Crippen molar-refractivity contribution in [2.45, 2.75) is 18.0 Å². The second kappa shape index (κ2) is 10.1. The van der Waals surface area contributed by atoms with E-state index in [9.17, 15) is 13.7 Å². The lowest BCUT2D eigenvalue weighted by atomic mass is 10.2. The summed E-state index contributed by atoms with van der Waals surface area (Å²) in [6.45, 7) is 0.616. The van der Waals surface area contributed by atoms with Crippen LogP contribution in [-0.2, 0) is 23.1 Å². The van der Waals surface area contributed by atoms with Crippen molar-refractivity contribution < 1.29 is 12.8 Å². The highest BCUT2D eigenvalue weighted by atomic mass is 35.5. The van der Waals surface area contributed by atoms with Crippen molar-refractivity contribution in [2.75, 3.05) is 12.4 Å². The summed E-state index contributed by atoms with van der Waals surface area (Å²) in [6.07, 6.45) is 0. The van der Waals surface area contributed by atoms with E-state index in [1.807, 2.05) is 54.6 Å². The average molecular weight is 493 g/mol. The fourth-order valence-electron chi connectivity index (χ4n) is 3.33. The molecule has 3 aromatic carbocycles. The van der Waals surface area contributed by atoms with Crippen molar-refractivity contribution in [3.63, 3.8) is 0 Å². The zero-order valence-corrected chi connectivity index (χ0v) is 19.8. The van der Waals surface area contributed by atoms with Gasteiger partial charge in [0.25, 0.3) is 0 Å². The van der Waals surface area contributed by atoms with Crippen LogP contribution in [0.15, 0.2) is 88.2 Å². The second-order valence-corrected chi connectivity index (χ2v) is 9.98. The van der Waals surface area contributed by atoms with Gasteiger partial charge in [-0.15, -0.1) is 0 Å². The highest BCUT2D eigenvalue weighted by molar-refractivity contribution is 7.89. The van der Waals surface area contributed by atoms with Crippen LogP contribution in [0.5, 0.6) is 0 Å². The van der Waals surface area contributed by atoms with Gasteiger partial charge in [-0.2, -0.15) is 14.6 Å². The van der Waals surface area contributed by atoms with E-state index < -0.39 is 10.0 Å². The fraction of sp³-hybridized carbons (Fsp3) is 0.120. The van der Waals surface area contributed by atoms with Crippen LogP contribution >= 0.6 is 11.6 Å². The molecule has 0 atom stereocenters. The molecule has 4 aromatic rings. The molecule has 1 heterocycles. The molecule has 0 amide bonds. The topological polar surface area (TPSA) is 99.2 Å². The molecule has 0 spiro atoms. The molecule has 1 N–H and O–H groups in total. The lowest BCUT2D eigenvalue weighted by Crippen LogP contribution is -2.26. The SMILES string of the molecule is CN(Cc1ccccc1)S(=O)(=O)c1ccc(-c2nc(C#N)c(NCc3ccccc3Cl)o2)cc1. The highest BCUT2D eigenvalue weighted by Gasteiger charge is 2.22. The fourth-order valence-corrected chi connectivity index (χ4v) is 4.69. The maximum atomic E-state index is 13.0. The van der Waals surface area contributed by atoms with Gasteiger partial charge in [0.05, 0.1) is 4.90 Å². The molecule has 34 heavy (non-hydrogen) atoms. The van der Waals surface area contributed by atoms with Crippen LogP contribution in [0.1, 0.15) is 16.8 Å². The van der Waals surface area contributed by atoms with Gasteiger partial charge in [0.15, 0.2) is 0 Å². The Labute approximate surface area is 203 Å². The number of rotatable bonds is 8. The third-order valence-corrected chi connectivity index (χ3v) is 7.37. The first-order valence-electron chi connectivity index (χ1n) is 10.4. The van der Waals surface area contributed by atoms with Crippen LogP contribution in [0, 0.1) is 11.3 Å². The number of hydrogen-bond acceptors (Lipinski definition) is 6. The molecule has 0 unspecified atom stereocenters. The lowest BCUT2D eigenvalue weighted by molar-refractivity contribution is 0.466. The standard InChI is InChI=1S/C25H21ClN4O3S/c1-30(17-18-7-3-2-4-8-18)34(31,32)21-13-11-19(12-14-21)24-29-23(15-27)25(33-24)28-16-20-9-5-6-10-22(20)26/h2-14,28H,16-17H2,1H3. The molecular formula is C25H21ClN4O3S. The van der Waals surface area contributed by atoms with E-state index >= 15 is 0 Å². The van der Waals surface area contributed by atoms with Crippen LogP contribution in [0.3, 0.4) is 0 Å². The Kier molecular flexibility index (Phi) is 6.98. The maximum absolute atomic E-state index is 13.0. The lowest BCUT2D eigenvalue weighted by Gasteiger charge is -2.17. The summed E-state index contributed by atoms with van der Waals surface area (Å²) in [5, 5.41) is 13.1. The number of aromatic nitrogens is 1. The molecule has 0 aliphatic heterocycles. The summed E-state index contributed by atoms with van der Waals surface area (Å²) in [5.41, 5.74) is 2.39. The Bertz CT molecular complexity index is 1430. The van der Waals surface area contributed by atoms with Gasteiger partial charge < -0.3 is 9.73 Å². The first-order valence-corrected chi connectivity index (χ1v) is 12.2. The predicted molar refractivity (Wildman–Crippen MR) is 131 cm³/mol. The van der Waals surface area contributed by atoms with Crippen molar-refractivity contribution in [2.24, 2.45) is 0 Å². The summed E-state index contributed by atoms with van der Waals surface area (Å²) >= 11 is 6.18. The monoisotopic (exact) mass is 492 g/mol. The summed E-state index contributed by atoms with van der Waals surface area (Å²) in [6, 6.07) is 24.9. The maximum Gasteiger partial charge on any atom is 0.243 e. The van der Waals surface area contributed by atoms with Gasteiger partial charge >= 0.3 is 0 Å². The van der Waals surface area contributed by atoms with Crippen molar-refractivity contribution in [1.82, 2.24) is 9.29 Å². The molecule has 0 bridgehead atoms. The number of hydrogen-bond donors (Lipinski definition) is 1. The highest BCUT2D eigenvalue weighted by Crippen LogP contribution is 2.28. The Hall–Kier alpha value is -3.64. The van der Waals surface area contributed by atoms with Gasteiger partial charge in [0.1, 0.15) is 6.07 Å². The third-order valence-electron chi connectivity index (χ3n) is 5.19. The number of nitrogens with one attached hydrogen (secondary N) is 1. The number of nitriles is 1. The first kappa shape index (κ1) is 23.5. The molecule has 172 valence electrons. The van der Waals surface area contributed by atoms with Crippen molar-refractivity contribution in [3.8, 4) is 17.5 Å². The van der Waals surface area contributed by atoms with Gasteiger partial charge in [0.2, 0.25) is 27.5 Å². The number of anilines is 1. The quantitative estimate of drug-likeness (QED) is 0.358. The third kappa shape index (κ3) is 5.13. The molecule has 0 aliphatic rings. The van der Waals surface area contributed by atoms with Crippen LogP contribution in [0.2, 0.25) is 5.02 Å². The van der Waals surface area contributed by atoms with Gasteiger partial charge in [-0.1, -0.05) is 60.1 Å². The second-order valence-electron chi connectivity index (χ2n) is 7.52. The molecule has 0 aliphatic carbocycles. The van der Waals surface area contributed by atoms with E-state index in [-0.39, 0.29) is 28.9 Å². The van der Waals surface area contributed by atoms with E-state index in [1.54, 1.807) is 25.2 Å². The van der Waals surface area contributed by atoms with E-state index in [2.05, 4.69) is 10.3 Å². The van der Waals surface area contributed by atoms with Gasteiger partial charge in [0, 0.05) is 30.7 Å². The zero-order chi connectivity index (χ0) is 24.1. The summed E-state index contributed by atoms with van der Waals surface area (Å²) in [7, 11) is -2.14. The number of nitrogens with zero attached hydrogens (tertiary/aromatic N) is 3. The minimum atomic E-state index is -3.68. The van der Waals surface area contributed by atoms with Crippen molar-refractivity contribution >= 4 is 27.5 Å². The smallest absolute Gasteiger partial charge is 0.243 e. The van der Waals surface area contributed by atoms with Crippen molar-refractivity contribution in [3.05, 3.63) is 101 Å². The zero-order valence-electron chi connectivity index (χ0n) is 18.3. The van der Waals surface area contributed by atoms with E-state index in [1.165, 1.54) is 16.4 Å². The molecule has 9 heteroatoms. The van der Waals surface area contributed by atoms with Gasteiger partial charge in [-0.05, 0) is 41.5 Å². The van der Waals surface area contributed by atoms with E-state index in [4.69, 9.17) is 16.0 Å². The molecule has 0 radical (unpaired) electrons. The minimum absolute atomic E-state index is 0.0985. The number of oxazole rings is 1. The Morgan fingerprint density at radius 1 is 1.03 bits per heavy atom. The van der Waals surface area contributed by atoms with E-state index in [0.29, 0.717) is 17.1 Å². The van der Waals surface area contributed by atoms with Gasteiger partial charge in [-0.25, -0.2) is 8.42 Å². The van der Waals surface area contributed by atoms with Crippen molar-refractivity contribution in [1.29, 1.82) is 5.26 Å². The van der Waals surface area contributed by atoms with Crippen LogP contribution in [-0.4, -0.2) is 24.8 Å². The average Bonchev–Trinajstić information content (AvgIpc) is 3.27. The van der Waals surface area contributed by atoms with Crippen LogP contribution in [0.4, 0.5) is 5.88 Å². The number of halogens is 1. The number of sulfonamides is 1. The summed E-state index contributed by atoms with van der Waals surface area (Å²) in [4.78, 5) is 4.38. The minimum Gasteiger partial charge on any atom is -0.419 e. The Balaban J connectivity index is 1.51. The predicted octanol–water partition coefficient (Wildman–Crippen LogP) is 5.30. The molecular weight excluding hydrogens is 472 g/mol. The largest absolute Gasteiger partial charge is 0.419 e. The molecule has 4 rings (SSSR count). The van der Waals surface area contributed by atoms with Crippen LogP contribution in [0.25, 0.3) is 11.5 Å². The molecule has 0 fully saturated rings. The molecule has 0 saturated heterocycles. The number of benzene rings is 3. The molecule has 7 nitrogen and oxygen atoms in total. The van der Waals surface area contributed by atoms with Crippen LogP contribution < -0.4 is 5.32 Å². The molecule has 0 saturated carbocycles. The molecule has 1 aromatic heterocycles. The normalized spacial score (nSPS) is 11.4.